The minimum atomic E-state index is 0.168. The molecule has 0 amide bonds. The minimum Gasteiger partial charge on any atom is -0.496 e. The summed E-state index contributed by atoms with van der Waals surface area (Å²) in [6.07, 6.45) is 1.38. The van der Waals surface area contributed by atoms with E-state index in [4.69, 9.17) is 14.2 Å². The van der Waals surface area contributed by atoms with Gasteiger partial charge in [-0.25, -0.2) is 0 Å². The first-order chi connectivity index (χ1) is 16.0. The summed E-state index contributed by atoms with van der Waals surface area (Å²) in [6, 6.07) is 25.3. The maximum absolute atomic E-state index is 5.84. The van der Waals surface area contributed by atoms with Crippen molar-refractivity contribution < 1.29 is 19.5 Å². The highest BCUT2D eigenvalue weighted by Crippen LogP contribution is 2.34. The Bertz CT molecular complexity index is 965. The minimum absolute atomic E-state index is 0.168. The standard InChI is InChI=1S/C29H37NO3/c1-21(2)32-25-14-10-23(11-15-25)20-30-19-18-27(28-8-6-7-9-29(28)31-5)24-12-16-26(17-13-24)33-22(3)4/h6-17,21-22,27,30H,18-20H2,1-5H3/p+1/t27-/m1/s1. The highest BCUT2D eigenvalue weighted by atomic mass is 16.5. The molecule has 1 atom stereocenters. The number of hydrogen-bond donors (Lipinski definition) is 1. The number of benzene rings is 3. The predicted octanol–water partition coefficient (Wildman–Crippen LogP) is 5.56. The smallest absolute Gasteiger partial charge is 0.122 e. The summed E-state index contributed by atoms with van der Waals surface area (Å²) in [5.74, 6) is 3.02. The molecule has 0 radical (unpaired) electrons. The molecule has 0 saturated heterocycles. The van der Waals surface area contributed by atoms with E-state index < -0.39 is 0 Å². The molecule has 0 spiro atoms. The Morgan fingerprint density at radius 1 is 0.727 bits per heavy atom. The molecule has 0 aromatic heterocycles. The molecule has 0 aliphatic carbocycles. The van der Waals surface area contributed by atoms with Gasteiger partial charge in [-0.1, -0.05) is 30.3 Å². The second-order valence-corrected chi connectivity index (χ2v) is 8.91. The number of nitrogens with two attached hydrogens (primary N) is 1. The molecule has 176 valence electrons. The fourth-order valence-corrected chi connectivity index (χ4v) is 4.04. The van der Waals surface area contributed by atoms with Gasteiger partial charge in [-0.2, -0.15) is 0 Å². The van der Waals surface area contributed by atoms with Gasteiger partial charge in [-0.15, -0.1) is 0 Å². The second kappa shape index (κ2) is 12.3. The Kier molecular flexibility index (Phi) is 9.20. The van der Waals surface area contributed by atoms with Crippen molar-refractivity contribution in [1.29, 1.82) is 0 Å². The van der Waals surface area contributed by atoms with Crippen LogP contribution in [0.5, 0.6) is 17.2 Å². The van der Waals surface area contributed by atoms with Crippen LogP contribution in [-0.2, 0) is 6.54 Å². The largest absolute Gasteiger partial charge is 0.496 e. The van der Waals surface area contributed by atoms with Crippen LogP contribution in [0.2, 0.25) is 0 Å². The van der Waals surface area contributed by atoms with Gasteiger partial charge in [0.1, 0.15) is 23.8 Å². The Morgan fingerprint density at radius 2 is 1.30 bits per heavy atom. The van der Waals surface area contributed by atoms with Crippen molar-refractivity contribution in [1.82, 2.24) is 0 Å². The van der Waals surface area contributed by atoms with Crippen molar-refractivity contribution in [2.75, 3.05) is 13.7 Å². The van der Waals surface area contributed by atoms with E-state index in [0.717, 1.165) is 36.8 Å². The second-order valence-electron chi connectivity index (χ2n) is 8.91. The first-order valence-electron chi connectivity index (χ1n) is 11.9. The average Bonchev–Trinajstić information content (AvgIpc) is 2.80. The summed E-state index contributed by atoms with van der Waals surface area (Å²) in [5.41, 5.74) is 3.80. The molecule has 0 unspecified atom stereocenters. The monoisotopic (exact) mass is 448 g/mol. The summed E-state index contributed by atoms with van der Waals surface area (Å²) < 4.78 is 17.3. The van der Waals surface area contributed by atoms with Gasteiger partial charge < -0.3 is 19.5 Å². The van der Waals surface area contributed by atoms with Gasteiger partial charge in [0.15, 0.2) is 0 Å². The highest BCUT2D eigenvalue weighted by Gasteiger charge is 2.19. The number of para-hydroxylation sites is 1. The number of ether oxygens (including phenoxy) is 3. The lowest BCUT2D eigenvalue weighted by atomic mass is 9.88. The lowest BCUT2D eigenvalue weighted by Crippen LogP contribution is -2.82. The third kappa shape index (κ3) is 7.54. The molecule has 33 heavy (non-hydrogen) atoms. The van der Waals surface area contributed by atoms with Gasteiger partial charge in [0.25, 0.3) is 0 Å². The summed E-state index contributed by atoms with van der Waals surface area (Å²) in [5, 5.41) is 2.37. The van der Waals surface area contributed by atoms with Gasteiger partial charge in [0.05, 0.1) is 25.9 Å². The summed E-state index contributed by atoms with van der Waals surface area (Å²) in [6.45, 7) is 10.1. The van der Waals surface area contributed by atoms with Crippen LogP contribution in [-0.4, -0.2) is 25.9 Å². The molecule has 2 N–H and O–H groups in total. The van der Waals surface area contributed by atoms with Gasteiger partial charge >= 0.3 is 0 Å². The van der Waals surface area contributed by atoms with Crippen molar-refractivity contribution in [3.63, 3.8) is 0 Å². The van der Waals surface area contributed by atoms with Crippen LogP contribution in [0.15, 0.2) is 72.8 Å². The van der Waals surface area contributed by atoms with Crippen LogP contribution in [0.4, 0.5) is 0 Å². The number of rotatable bonds is 12. The number of hydrogen-bond acceptors (Lipinski definition) is 3. The molecule has 0 aliphatic rings. The third-order valence-corrected chi connectivity index (χ3v) is 5.50. The Labute approximate surface area is 198 Å². The van der Waals surface area contributed by atoms with E-state index in [1.807, 2.05) is 39.8 Å². The van der Waals surface area contributed by atoms with Gasteiger partial charge in [-0.05, 0) is 75.7 Å². The number of methoxy groups -OCH3 is 1. The van der Waals surface area contributed by atoms with Crippen LogP contribution < -0.4 is 19.5 Å². The van der Waals surface area contributed by atoms with Crippen LogP contribution in [0.25, 0.3) is 0 Å². The van der Waals surface area contributed by atoms with E-state index in [1.165, 1.54) is 16.7 Å². The SMILES string of the molecule is COc1ccccc1[C@H](CC[NH2+]Cc1ccc(OC(C)C)cc1)c1ccc(OC(C)C)cc1. The average molecular weight is 449 g/mol. The summed E-state index contributed by atoms with van der Waals surface area (Å²) in [4.78, 5) is 0. The predicted molar refractivity (Wildman–Crippen MR) is 134 cm³/mol. The van der Waals surface area contributed by atoms with Crippen molar-refractivity contribution >= 4 is 0 Å². The molecule has 0 aliphatic heterocycles. The number of quaternary nitrogens is 1. The fraction of sp³-hybridized carbons (Fsp3) is 0.379. The van der Waals surface area contributed by atoms with Crippen molar-refractivity contribution in [2.45, 2.75) is 58.8 Å². The Balaban J connectivity index is 1.67. The van der Waals surface area contributed by atoms with Gasteiger partial charge in [0, 0.05) is 23.5 Å². The maximum Gasteiger partial charge on any atom is 0.122 e. The third-order valence-electron chi connectivity index (χ3n) is 5.50. The molecule has 3 rings (SSSR count). The zero-order valence-corrected chi connectivity index (χ0v) is 20.6. The van der Waals surface area contributed by atoms with E-state index in [9.17, 15) is 0 Å². The quantitative estimate of drug-likeness (QED) is 0.369. The molecule has 3 aromatic rings. The van der Waals surface area contributed by atoms with E-state index >= 15 is 0 Å². The molecular weight excluding hydrogens is 410 g/mol. The molecule has 3 aromatic carbocycles. The lowest BCUT2D eigenvalue weighted by molar-refractivity contribution is -0.671. The van der Waals surface area contributed by atoms with E-state index in [2.05, 4.69) is 66.0 Å². The molecule has 0 heterocycles. The van der Waals surface area contributed by atoms with E-state index in [-0.39, 0.29) is 18.1 Å². The normalized spacial score (nSPS) is 12.1. The van der Waals surface area contributed by atoms with Crippen LogP contribution in [0.1, 0.15) is 56.7 Å². The lowest BCUT2D eigenvalue weighted by Gasteiger charge is -2.20. The topological polar surface area (TPSA) is 44.3 Å². The Morgan fingerprint density at radius 3 is 1.88 bits per heavy atom. The molecular formula is C29H38NO3+. The van der Waals surface area contributed by atoms with Crippen LogP contribution in [0, 0.1) is 0 Å². The van der Waals surface area contributed by atoms with Crippen LogP contribution >= 0.6 is 0 Å². The summed E-state index contributed by atoms with van der Waals surface area (Å²) >= 11 is 0. The first kappa shape index (κ1) is 24.7. The molecule has 0 fully saturated rings. The van der Waals surface area contributed by atoms with E-state index in [0.29, 0.717) is 0 Å². The molecule has 0 bridgehead atoms. The van der Waals surface area contributed by atoms with Crippen molar-refractivity contribution in [3.05, 3.63) is 89.5 Å². The van der Waals surface area contributed by atoms with Crippen molar-refractivity contribution in [2.24, 2.45) is 0 Å². The molecule has 4 nitrogen and oxygen atoms in total. The van der Waals surface area contributed by atoms with E-state index in [1.54, 1.807) is 7.11 Å². The molecule has 4 heteroatoms. The summed E-state index contributed by atoms with van der Waals surface area (Å²) in [7, 11) is 1.74. The maximum atomic E-state index is 5.84. The Hall–Kier alpha value is -2.98. The first-order valence-corrected chi connectivity index (χ1v) is 11.9. The zero-order chi connectivity index (χ0) is 23.6. The zero-order valence-electron chi connectivity index (χ0n) is 20.6. The van der Waals surface area contributed by atoms with Gasteiger partial charge in [0.2, 0.25) is 0 Å². The molecule has 0 saturated carbocycles. The highest BCUT2D eigenvalue weighted by molar-refractivity contribution is 5.43. The van der Waals surface area contributed by atoms with Crippen LogP contribution in [0.3, 0.4) is 0 Å². The van der Waals surface area contributed by atoms with Crippen molar-refractivity contribution in [3.8, 4) is 17.2 Å². The van der Waals surface area contributed by atoms with Gasteiger partial charge in [-0.3, -0.25) is 0 Å². The fourth-order valence-electron chi connectivity index (χ4n) is 4.04.